The van der Waals surface area contributed by atoms with Crippen molar-refractivity contribution in [1.29, 1.82) is 0 Å². The maximum atomic E-state index is 9.52. The van der Waals surface area contributed by atoms with Crippen molar-refractivity contribution in [3.63, 3.8) is 0 Å². The molecule has 8 aromatic rings. The second-order valence-electron chi connectivity index (χ2n) is 9.36. The lowest BCUT2D eigenvalue weighted by molar-refractivity contribution is 0.457. The lowest BCUT2D eigenvalue weighted by Crippen LogP contribution is -1.99. The summed E-state index contributed by atoms with van der Waals surface area (Å²) in [5.41, 5.74) is 2.46. The van der Waals surface area contributed by atoms with Crippen molar-refractivity contribution in [2.75, 3.05) is 0 Å². The van der Waals surface area contributed by atoms with Gasteiger partial charge in [-0.2, -0.15) is 0 Å². The first-order valence-electron chi connectivity index (χ1n) is 12.1. The van der Waals surface area contributed by atoms with Gasteiger partial charge >= 0.3 is 7.69 Å². The normalized spacial score (nSPS) is 12.0. The highest BCUT2D eigenvalue weighted by atomic mass is 32.1. The van der Waals surface area contributed by atoms with E-state index in [2.05, 4.69) is 91.0 Å². The van der Waals surface area contributed by atoms with Gasteiger partial charge in [0.05, 0.1) is 4.70 Å². The molecule has 0 saturated heterocycles. The van der Waals surface area contributed by atoms with E-state index in [4.69, 9.17) is 4.65 Å². The molecule has 0 aliphatic heterocycles. The van der Waals surface area contributed by atoms with E-state index in [1.54, 1.807) is 11.3 Å². The average molecular weight is 478 g/mol. The molecule has 0 spiro atoms. The number of thiophene rings is 1. The van der Waals surface area contributed by atoms with Crippen LogP contribution >= 0.6 is 11.3 Å². The Morgan fingerprint density at radius 3 is 2.17 bits per heavy atom. The quantitative estimate of drug-likeness (QED) is 0.204. The molecule has 1 N–H and O–H groups in total. The van der Waals surface area contributed by atoms with Gasteiger partial charge < -0.3 is 9.68 Å². The third-order valence-corrected chi connectivity index (χ3v) is 8.66. The van der Waals surface area contributed by atoms with Crippen molar-refractivity contribution in [1.82, 2.24) is 0 Å². The molecule has 0 atom stereocenters. The minimum absolute atomic E-state index is 0.338. The van der Waals surface area contributed by atoms with Crippen molar-refractivity contribution in [3.8, 4) is 16.9 Å². The number of hydrogen-bond acceptors (Lipinski definition) is 3. The zero-order chi connectivity index (χ0) is 23.8. The molecule has 2 nitrogen and oxygen atoms in total. The highest BCUT2D eigenvalue weighted by molar-refractivity contribution is 7.26. The van der Waals surface area contributed by atoms with Crippen LogP contribution in [0.4, 0.5) is 0 Å². The van der Waals surface area contributed by atoms with Crippen LogP contribution in [-0.2, 0) is 0 Å². The summed E-state index contributed by atoms with van der Waals surface area (Å²) in [6.45, 7) is 0. The van der Waals surface area contributed by atoms with Gasteiger partial charge in [-0.15, -0.1) is 11.3 Å². The summed E-state index contributed by atoms with van der Waals surface area (Å²) in [7, 11) is -0.338. The lowest BCUT2D eigenvalue weighted by atomic mass is 9.90. The smallest absolute Gasteiger partial charge is 0.504 e. The zero-order valence-electron chi connectivity index (χ0n) is 19.3. The molecular formula is C32H19BO2S. The zero-order valence-corrected chi connectivity index (χ0v) is 20.1. The van der Waals surface area contributed by atoms with Gasteiger partial charge in [0.1, 0.15) is 5.75 Å². The van der Waals surface area contributed by atoms with Crippen LogP contribution in [0.25, 0.3) is 74.4 Å². The monoisotopic (exact) mass is 478 g/mol. The Kier molecular flexibility index (Phi) is 4.16. The van der Waals surface area contributed by atoms with E-state index in [1.807, 2.05) is 12.1 Å². The third-order valence-electron chi connectivity index (χ3n) is 7.49. The molecule has 0 radical (unpaired) electrons. The Labute approximate surface area is 211 Å². The van der Waals surface area contributed by atoms with E-state index >= 15 is 0 Å². The summed E-state index contributed by atoms with van der Waals surface area (Å²) in [4.78, 5) is 0. The number of hydrogen-bond donors (Lipinski definition) is 1. The summed E-state index contributed by atoms with van der Waals surface area (Å²) in [6, 6.07) is 37.2. The van der Waals surface area contributed by atoms with Crippen molar-refractivity contribution in [3.05, 3.63) is 103 Å². The standard InChI is InChI=1S/C32H19BO2S/c34-33-35-27-16-21-4-1-2-7-24(21)31-26-15-12-22(17-28(26)36-32(27)31)23-13-10-20-9-8-18-5-3-6-19-11-14-25(23)30(20)29(18)19/h1-17,33-34H. The molecule has 0 amide bonds. The average Bonchev–Trinajstić information content (AvgIpc) is 3.31. The Bertz CT molecular complexity index is 2110. The van der Waals surface area contributed by atoms with E-state index in [-0.39, 0.29) is 7.69 Å². The van der Waals surface area contributed by atoms with E-state index in [0.717, 1.165) is 15.8 Å². The first-order valence-corrected chi connectivity index (χ1v) is 12.9. The second kappa shape index (κ2) is 7.44. The topological polar surface area (TPSA) is 29.5 Å². The van der Waals surface area contributed by atoms with Gasteiger partial charge in [0.15, 0.2) is 0 Å². The van der Waals surface area contributed by atoms with Gasteiger partial charge in [-0.1, -0.05) is 91.0 Å². The molecule has 168 valence electrons. The summed E-state index contributed by atoms with van der Waals surface area (Å²) in [5.74, 6) is 0.733. The van der Waals surface area contributed by atoms with Crippen molar-refractivity contribution in [2.45, 2.75) is 0 Å². The molecule has 0 aliphatic carbocycles. The second-order valence-corrected chi connectivity index (χ2v) is 10.4. The molecule has 0 saturated carbocycles. The first kappa shape index (κ1) is 20.1. The SMILES string of the molecule is OBOc1cc2ccccc2c2c1sc1cc(-c3ccc4ccc5cccc6ccc3c4c56)ccc12. The van der Waals surface area contributed by atoms with Crippen molar-refractivity contribution in [2.24, 2.45) is 0 Å². The third kappa shape index (κ3) is 2.71. The predicted molar refractivity (Wildman–Crippen MR) is 156 cm³/mol. The van der Waals surface area contributed by atoms with E-state index in [1.165, 1.54) is 64.3 Å². The molecule has 1 aromatic heterocycles. The highest BCUT2D eigenvalue weighted by Gasteiger charge is 2.16. The largest absolute Gasteiger partial charge is 0.538 e. The molecule has 8 rings (SSSR count). The lowest BCUT2D eigenvalue weighted by Gasteiger charge is -2.14. The van der Waals surface area contributed by atoms with Gasteiger partial charge in [-0.05, 0) is 66.3 Å². The minimum atomic E-state index is -0.338. The molecule has 0 unspecified atom stereocenters. The van der Waals surface area contributed by atoms with Crippen LogP contribution in [0.15, 0.2) is 103 Å². The summed E-state index contributed by atoms with van der Waals surface area (Å²) in [6.07, 6.45) is 0. The van der Waals surface area contributed by atoms with Gasteiger partial charge in [0, 0.05) is 15.5 Å². The van der Waals surface area contributed by atoms with Crippen LogP contribution in [0, 0.1) is 0 Å². The van der Waals surface area contributed by atoms with Crippen LogP contribution in [0.3, 0.4) is 0 Å². The molecule has 0 aliphatic rings. The van der Waals surface area contributed by atoms with E-state index in [0.29, 0.717) is 0 Å². The summed E-state index contributed by atoms with van der Waals surface area (Å²) in [5, 5.41) is 22.1. The van der Waals surface area contributed by atoms with Crippen LogP contribution in [0.2, 0.25) is 0 Å². The first-order chi connectivity index (χ1) is 17.8. The fourth-order valence-corrected chi connectivity index (χ4v) is 7.15. The molecule has 4 heteroatoms. The molecule has 7 aromatic carbocycles. The van der Waals surface area contributed by atoms with Crippen LogP contribution < -0.4 is 4.65 Å². The number of fused-ring (bicyclic) bond motifs is 5. The fourth-order valence-electron chi connectivity index (χ4n) is 5.93. The predicted octanol–water partition coefficient (Wildman–Crippen LogP) is 8.41. The van der Waals surface area contributed by atoms with Crippen LogP contribution in [-0.4, -0.2) is 12.7 Å². The molecule has 0 fully saturated rings. The summed E-state index contributed by atoms with van der Waals surface area (Å²) >= 11 is 1.73. The molecule has 1 heterocycles. The summed E-state index contributed by atoms with van der Waals surface area (Å²) < 4.78 is 7.95. The molecular weight excluding hydrogens is 459 g/mol. The van der Waals surface area contributed by atoms with Crippen LogP contribution in [0.5, 0.6) is 5.75 Å². The molecule has 36 heavy (non-hydrogen) atoms. The Balaban J connectivity index is 1.43. The highest BCUT2D eigenvalue weighted by Crippen LogP contribution is 2.46. The van der Waals surface area contributed by atoms with Gasteiger partial charge in [0.25, 0.3) is 0 Å². The Morgan fingerprint density at radius 2 is 1.31 bits per heavy atom. The van der Waals surface area contributed by atoms with Crippen LogP contribution in [0.1, 0.15) is 0 Å². The minimum Gasteiger partial charge on any atom is -0.538 e. The maximum Gasteiger partial charge on any atom is 0.504 e. The van der Waals surface area contributed by atoms with Gasteiger partial charge in [0.2, 0.25) is 0 Å². The molecule has 0 bridgehead atoms. The number of benzene rings is 7. The maximum absolute atomic E-state index is 9.52. The van der Waals surface area contributed by atoms with E-state index < -0.39 is 0 Å². The Hall–Kier alpha value is -4.12. The van der Waals surface area contributed by atoms with E-state index in [9.17, 15) is 5.02 Å². The van der Waals surface area contributed by atoms with Crippen molar-refractivity contribution < 1.29 is 9.68 Å². The fraction of sp³-hybridized carbons (Fsp3) is 0. The van der Waals surface area contributed by atoms with Gasteiger partial charge in [-0.3, -0.25) is 0 Å². The van der Waals surface area contributed by atoms with Crippen molar-refractivity contribution >= 4 is 82.3 Å². The number of rotatable bonds is 3. The Morgan fingerprint density at radius 1 is 0.583 bits per heavy atom. The van der Waals surface area contributed by atoms with Gasteiger partial charge in [-0.25, -0.2) is 0 Å².